The first-order chi connectivity index (χ1) is 10.4. The fourth-order valence-corrected chi connectivity index (χ4v) is 3.87. The van der Waals surface area contributed by atoms with Gasteiger partial charge in [0.25, 0.3) is 0 Å². The smallest absolute Gasteiger partial charge is 0.306 e. The van der Waals surface area contributed by atoms with Crippen molar-refractivity contribution in [1.82, 2.24) is 14.8 Å². The van der Waals surface area contributed by atoms with Crippen molar-refractivity contribution in [1.29, 1.82) is 0 Å². The van der Waals surface area contributed by atoms with E-state index in [2.05, 4.69) is 21.8 Å². The molecule has 2 saturated heterocycles. The molecule has 2 aliphatic heterocycles. The minimum Gasteiger partial charge on any atom is -0.306 e. The Bertz CT molecular complexity index is 514. The molecule has 22 heavy (non-hydrogen) atoms. The lowest BCUT2D eigenvalue weighted by molar-refractivity contribution is -0.137. The van der Waals surface area contributed by atoms with Gasteiger partial charge in [0.15, 0.2) is 0 Å². The molecule has 0 unspecified atom stereocenters. The quantitative estimate of drug-likeness (QED) is 0.837. The Morgan fingerprint density at radius 3 is 2.64 bits per heavy atom. The number of aromatic nitrogens is 1. The van der Waals surface area contributed by atoms with Gasteiger partial charge in [-0.15, -0.1) is 0 Å². The van der Waals surface area contributed by atoms with Crippen LogP contribution in [0.2, 0.25) is 0 Å². The minimum atomic E-state index is -4.31. The topological polar surface area (TPSA) is 19.4 Å². The van der Waals surface area contributed by atoms with Crippen LogP contribution in [0, 0.1) is 5.41 Å². The molecule has 1 aromatic rings. The summed E-state index contributed by atoms with van der Waals surface area (Å²) in [6.45, 7) is 4.98. The highest BCUT2D eigenvalue weighted by molar-refractivity contribution is 5.17. The summed E-state index contributed by atoms with van der Waals surface area (Å²) >= 11 is 0. The molecule has 0 aliphatic carbocycles. The van der Waals surface area contributed by atoms with E-state index >= 15 is 0 Å². The van der Waals surface area contributed by atoms with Crippen LogP contribution in [0.15, 0.2) is 18.3 Å². The van der Waals surface area contributed by atoms with Gasteiger partial charge in [-0.2, -0.15) is 13.2 Å². The SMILES string of the molecule is CN1CCC[C@@]2(CCN(Cc3ccc(C(F)(F)F)cn3)C2)C1. The monoisotopic (exact) mass is 313 g/mol. The molecule has 3 heterocycles. The molecule has 0 bridgehead atoms. The summed E-state index contributed by atoms with van der Waals surface area (Å²) in [6.07, 6.45) is 0.306. The predicted molar refractivity (Wildman–Crippen MR) is 78.3 cm³/mol. The minimum absolute atomic E-state index is 0.374. The van der Waals surface area contributed by atoms with Crippen molar-refractivity contribution in [3.8, 4) is 0 Å². The summed E-state index contributed by atoms with van der Waals surface area (Å²) in [5, 5.41) is 0. The van der Waals surface area contributed by atoms with E-state index in [-0.39, 0.29) is 0 Å². The van der Waals surface area contributed by atoms with Crippen LogP contribution in [0.5, 0.6) is 0 Å². The van der Waals surface area contributed by atoms with Crippen LogP contribution in [0.3, 0.4) is 0 Å². The zero-order valence-electron chi connectivity index (χ0n) is 12.9. The maximum absolute atomic E-state index is 12.5. The van der Waals surface area contributed by atoms with Crippen molar-refractivity contribution < 1.29 is 13.2 Å². The summed E-state index contributed by atoms with van der Waals surface area (Å²) in [5.74, 6) is 0. The Morgan fingerprint density at radius 2 is 2.00 bits per heavy atom. The molecule has 3 nitrogen and oxygen atoms in total. The summed E-state index contributed by atoms with van der Waals surface area (Å²) in [5.41, 5.74) is 0.413. The number of nitrogens with zero attached hydrogens (tertiary/aromatic N) is 3. The molecule has 0 aromatic carbocycles. The molecule has 0 saturated carbocycles. The van der Waals surface area contributed by atoms with Gasteiger partial charge in [-0.3, -0.25) is 9.88 Å². The Balaban J connectivity index is 1.60. The first-order valence-electron chi connectivity index (χ1n) is 7.79. The predicted octanol–water partition coefficient (Wildman–Crippen LogP) is 3.02. The van der Waals surface area contributed by atoms with Gasteiger partial charge >= 0.3 is 6.18 Å². The average molecular weight is 313 g/mol. The number of alkyl halides is 3. The van der Waals surface area contributed by atoms with Crippen molar-refractivity contribution in [3.05, 3.63) is 29.6 Å². The van der Waals surface area contributed by atoms with Crippen LogP contribution in [-0.4, -0.2) is 48.0 Å². The number of pyridine rings is 1. The van der Waals surface area contributed by atoms with Crippen molar-refractivity contribution >= 4 is 0 Å². The highest BCUT2D eigenvalue weighted by Crippen LogP contribution is 2.39. The second-order valence-electron chi connectivity index (χ2n) is 6.84. The first kappa shape index (κ1) is 15.7. The molecule has 2 fully saturated rings. The third kappa shape index (κ3) is 3.43. The van der Waals surface area contributed by atoms with E-state index in [1.54, 1.807) is 0 Å². The summed E-state index contributed by atoms with van der Waals surface area (Å²) in [7, 11) is 2.17. The van der Waals surface area contributed by atoms with E-state index in [1.807, 2.05) is 0 Å². The zero-order valence-corrected chi connectivity index (χ0v) is 12.9. The number of hydrogen-bond donors (Lipinski definition) is 0. The number of likely N-dealkylation sites (tertiary alicyclic amines) is 2. The van der Waals surface area contributed by atoms with Gasteiger partial charge in [0, 0.05) is 25.8 Å². The third-order valence-electron chi connectivity index (χ3n) is 4.91. The van der Waals surface area contributed by atoms with E-state index in [1.165, 1.54) is 31.9 Å². The molecular weight excluding hydrogens is 291 g/mol. The maximum Gasteiger partial charge on any atom is 0.417 e. The van der Waals surface area contributed by atoms with Crippen LogP contribution in [0.4, 0.5) is 13.2 Å². The van der Waals surface area contributed by atoms with Gasteiger partial charge in [-0.25, -0.2) is 0 Å². The molecule has 0 amide bonds. The van der Waals surface area contributed by atoms with Gasteiger partial charge in [-0.05, 0) is 56.9 Å². The van der Waals surface area contributed by atoms with Gasteiger partial charge in [0.05, 0.1) is 11.3 Å². The number of hydrogen-bond acceptors (Lipinski definition) is 3. The summed E-state index contributed by atoms with van der Waals surface area (Å²) in [4.78, 5) is 8.71. The Morgan fingerprint density at radius 1 is 1.18 bits per heavy atom. The van der Waals surface area contributed by atoms with Crippen molar-refractivity contribution in [3.63, 3.8) is 0 Å². The molecule has 1 atom stereocenters. The molecule has 0 N–H and O–H groups in total. The Labute approximate surface area is 129 Å². The normalized spacial score (nSPS) is 27.6. The van der Waals surface area contributed by atoms with Crippen LogP contribution in [0.25, 0.3) is 0 Å². The van der Waals surface area contributed by atoms with E-state index in [4.69, 9.17) is 0 Å². The van der Waals surface area contributed by atoms with Gasteiger partial charge < -0.3 is 4.90 Å². The fraction of sp³-hybridized carbons (Fsp3) is 0.688. The van der Waals surface area contributed by atoms with Crippen molar-refractivity contribution in [2.45, 2.75) is 32.0 Å². The van der Waals surface area contributed by atoms with Gasteiger partial charge in [0.1, 0.15) is 0 Å². The Kier molecular flexibility index (Phi) is 4.16. The lowest BCUT2D eigenvalue weighted by Crippen LogP contribution is -2.42. The molecule has 0 radical (unpaired) electrons. The maximum atomic E-state index is 12.5. The molecule has 6 heteroatoms. The molecule has 1 aromatic heterocycles. The van der Waals surface area contributed by atoms with E-state index in [0.29, 0.717) is 17.7 Å². The number of rotatable bonds is 2. The highest BCUT2D eigenvalue weighted by atomic mass is 19.4. The average Bonchev–Trinajstić information content (AvgIpc) is 2.80. The molecule has 2 aliphatic rings. The van der Waals surface area contributed by atoms with Gasteiger partial charge in [-0.1, -0.05) is 0 Å². The number of halogens is 3. The van der Waals surface area contributed by atoms with E-state index in [9.17, 15) is 13.2 Å². The molecule has 3 rings (SSSR count). The van der Waals surface area contributed by atoms with Crippen LogP contribution in [-0.2, 0) is 12.7 Å². The lowest BCUT2D eigenvalue weighted by atomic mass is 9.79. The third-order valence-corrected chi connectivity index (χ3v) is 4.91. The molecule has 122 valence electrons. The fourth-order valence-electron chi connectivity index (χ4n) is 3.87. The van der Waals surface area contributed by atoms with Crippen molar-refractivity contribution in [2.24, 2.45) is 5.41 Å². The second-order valence-corrected chi connectivity index (χ2v) is 6.84. The lowest BCUT2D eigenvalue weighted by Gasteiger charge is -2.38. The second kappa shape index (κ2) is 5.81. The van der Waals surface area contributed by atoms with Crippen molar-refractivity contribution in [2.75, 3.05) is 33.2 Å². The van der Waals surface area contributed by atoms with E-state index < -0.39 is 11.7 Å². The van der Waals surface area contributed by atoms with Crippen LogP contribution >= 0.6 is 0 Å². The Hall–Kier alpha value is -1.14. The first-order valence-corrected chi connectivity index (χ1v) is 7.79. The van der Waals surface area contributed by atoms with Gasteiger partial charge in [0.2, 0.25) is 0 Å². The van der Waals surface area contributed by atoms with Crippen LogP contribution < -0.4 is 0 Å². The molecule has 1 spiro atoms. The summed E-state index contributed by atoms with van der Waals surface area (Å²) < 4.78 is 37.6. The standard InChI is InChI=1S/C16H22F3N3/c1-21-7-2-5-15(11-21)6-8-22(12-15)10-14-4-3-13(9-20-14)16(17,18)19/h3-4,9H,2,5-8,10-12H2,1H3/t15-/m1/s1. The number of piperidine rings is 1. The largest absolute Gasteiger partial charge is 0.417 e. The van der Waals surface area contributed by atoms with E-state index in [0.717, 1.165) is 31.9 Å². The zero-order chi connectivity index (χ0) is 15.8. The summed E-state index contributed by atoms with van der Waals surface area (Å²) in [6, 6.07) is 2.63. The molecular formula is C16H22F3N3. The highest BCUT2D eigenvalue weighted by Gasteiger charge is 2.40. The van der Waals surface area contributed by atoms with Crippen LogP contribution in [0.1, 0.15) is 30.5 Å².